The summed E-state index contributed by atoms with van der Waals surface area (Å²) in [5, 5.41) is 3.10. The monoisotopic (exact) mass is 577 g/mol. The van der Waals surface area contributed by atoms with E-state index in [1.165, 1.54) is 10.6 Å². The normalized spacial score (nSPS) is 14.9. The van der Waals surface area contributed by atoms with Gasteiger partial charge in [-0.15, -0.1) is 0 Å². The zero-order valence-electron chi connectivity index (χ0n) is 21.2. The van der Waals surface area contributed by atoms with Gasteiger partial charge in [0, 0.05) is 30.0 Å². The number of nitrogens with one attached hydrogen (secondary N) is 1. The fourth-order valence-electron chi connectivity index (χ4n) is 4.55. The standard InChI is InChI=1S/C27H36BrN3O4S/c1-20-8-6-11-25(18-20)31(36(3,34)35)17-7-12-26(32)30(19-22-13-15-23(28)16-14-22)21(2)27(33)29-24-9-4-5-10-24/h6,8,11,13-16,18,21,24H,4-5,7,9-10,12,17,19H2,1-3H3,(H,29,33). The van der Waals surface area contributed by atoms with Crippen LogP contribution in [0.3, 0.4) is 0 Å². The summed E-state index contributed by atoms with van der Waals surface area (Å²) in [4.78, 5) is 28.0. The Morgan fingerprint density at radius 3 is 2.39 bits per heavy atom. The lowest BCUT2D eigenvalue weighted by Crippen LogP contribution is -2.49. The molecule has 0 aliphatic heterocycles. The van der Waals surface area contributed by atoms with Gasteiger partial charge in [0.25, 0.3) is 0 Å². The molecule has 1 saturated carbocycles. The van der Waals surface area contributed by atoms with Crippen molar-refractivity contribution in [2.75, 3.05) is 17.1 Å². The second kappa shape index (κ2) is 12.7. The molecule has 1 fully saturated rings. The third-order valence-electron chi connectivity index (χ3n) is 6.58. The van der Waals surface area contributed by atoms with Crippen molar-refractivity contribution in [3.8, 4) is 0 Å². The molecule has 2 amide bonds. The lowest BCUT2D eigenvalue weighted by molar-refractivity contribution is -0.141. The van der Waals surface area contributed by atoms with Gasteiger partial charge in [-0.1, -0.05) is 53.0 Å². The highest BCUT2D eigenvalue weighted by Gasteiger charge is 2.28. The number of rotatable bonds is 11. The van der Waals surface area contributed by atoms with Crippen molar-refractivity contribution < 1.29 is 18.0 Å². The summed E-state index contributed by atoms with van der Waals surface area (Å²) in [7, 11) is -3.51. The first-order valence-corrected chi connectivity index (χ1v) is 15.1. The fraction of sp³-hybridized carbons (Fsp3) is 0.481. The predicted molar refractivity (Wildman–Crippen MR) is 147 cm³/mol. The third kappa shape index (κ3) is 8.06. The molecular weight excluding hydrogens is 542 g/mol. The van der Waals surface area contributed by atoms with Crippen molar-refractivity contribution in [1.82, 2.24) is 10.2 Å². The molecule has 196 valence electrons. The number of carbonyl (C=O) groups is 2. The molecule has 1 aliphatic rings. The van der Waals surface area contributed by atoms with Crippen LogP contribution in [-0.2, 0) is 26.2 Å². The van der Waals surface area contributed by atoms with E-state index in [0.717, 1.165) is 41.3 Å². The molecule has 1 aliphatic carbocycles. The SMILES string of the molecule is Cc1cccc(N(CCCC(=O)N(Cc2ccc(Br)cc2)C(C)C(=O)NC2CCCC2)S(C)(=O)=O)c1. The van der Waals surface area contributed by atoms with Crippen LogP contribution in [0.15, 0.2) is 53.0 Å². The van der Waals surface area contributed by atoms with E-state index in [1.807, 2.05) is 49.4 Å². The van der Waals surface area contributed by atoms with Gasteiger partial charge in [-0.05, 0) is 68.5 Å². The minimum absolute atomic E-state index is 0.134. The van der Waals surface area contributed by atoms with Crippen molar-refractivity contribution in [2.24, 2.45) is 0 Å². The lowest BCUT2D eigenvalue weighted by atomic mass is 10.1. The largest absolute Gasteiger partial charge is 0.352 e. The van der Waals surface area contributed by atoms with E-state index in [4.69, 9.17) is 0 Å². The summed E-state index contributed by atoms with van der Waals surface area (Å²) < 4.78 is 27.2. The molecule has 7 nitrogen and oxygen atoms in total. The van der Waals surface area contributed by atoms with E-state index < -0.39 is 16.1 Å². The number of halogens is 1. The van der Waals surface area contributed by atoms with Gasteiger partial charge in [0.1, 0.15) is 6.04 Å². The van der Waals surface area contributed by atoms with Crippen molar-refractivity contribution in [1.29, 1.82) is 0 Å². The Hall–Kier alpha value is -2.39. The quantitative estimate of drug-likeness (QED) is 0.416. The van der Waals surface area contributed by atoms with Gasteiger partial charge < -0.3 is 10.2 Å². The Kier molecular flexibility index (Phi) is 9.96. The Morgan fingerprint density at radius 2 is 1.78 bits per heavy atom. The van der Waals surface area contributed by atoms with Crippen molar-refractivity contribution in [3.05, 3.63) is 64.1 Å². The smallest absolute Gasteiger partial charge is 0.242 e. The molecule has 0 bridgehead atoms. The van der Waals surface area contributed by atoms with Crippen molar-refractivity contribution >= 4 is 43.5 Å². The molecule has 0 spiro atoms. The van der Waals surface area contributed by atoms with Crippen LogP contribution in [0.1, 0.15) is 56.6 Å². The second-order valence-electron chi connectivity index (χ2n) is 9.59. The molecule has 0 saturated heterocycles. The molecule has 0 radical (unpaired) electrons. The Morgan fingerprint density at radius 1 is 1.11 bits per heavy atom. The minimum Gasteiger partial charge on any atom is -0.352 e. The highest BCUT2D eigenvalue weighted by molar-refractivity contribution is 9.10. The second-order valence-corrected chi connectivity index (χ2v) is 12.4. The van der Waals surface area contributed by atoms with Gasteiger partial charge in [0.15, 0.2) is 0 Å². The summed E-state index contributed by atoms with van der Waals surface area (Å²) in [6.45, 7) is 4.16. The van der Waals surface area contributed by atoms with Gasteiger partial charge in [-0.2, -0.15) is 0 Å². The van der Waals surface area contributed by atoms with E-state index in [0.29, 0.717) is 18.7 Å². The molecule has 1 unspecified atom stereocenters. The van der Waals surface area contributed by atoms with Gasteiger partial charge in [-0.3, -0.25) is 13.9 Å². The first-order chi connectivity index (χ1) is 17.0. The zero-order chi connectivity index (χ0) is 26.3. The maximum absolute atomic E-state index is 13.4. The Bertz CT molecular complexity index is 1150. The van der Waals surface area contributed by atoms with Crippen molar-refractivity contribution in [3.63, 3.8) is 0 Å². The summed E-state index contributed by atoms with van der Waals surface area (Å²) in [6.07, 6.45) is 5.81. The van der Waals surface area contributed by atoms with E-state index in [-0.39, 0.29) is 30.8 Å². The highest BCUT2D eigenvalue weighted by atomic mass is 79.9. The summed E-state index contributed by atoms with van der Waals surface area (Å²) in [5.41, 5.74) is 2.46. The number of amides is 2. The van der Waals surface area contributed by atoms with Crippen LogP contribution in [0.2, 0.25) is 0 Å². The average molecular weight is 579 g/mol. The molecule has 2 aromatic carbocycles. The van der Waals surface area contributed by atoms with Crippen molar-refractivity contribution in [2.45, 2.75) is 71.0 Å². The summed E-state index contributed by atoms with van der Waals surface area (Å²) >= 11 is 3.43. The number of sulfonamides is 1. The van der Waals surface area contributed by atoms with E-state index in [1.54, 1.807) is 17.9 Å². The molecule has 0 heterocycles. The highest BCUT2D eigenvalue weighted by Crippen LogP contribution is 2.21. The molecule has 36 heavy (non-hydrogen) atoms. The Balaban J connectivity index is 1.71. The number of aryl methyl sites for hydroxylation is 1. The molecule has 2 aromatic rings. The van der Waals surface area contributed by atoms with Gasteiger partial charge in [0.2, 0.25) is 21.8 Å². The minimum atomic E-state index is -3.51. The number of hydrogen-bond donors (Lipinski definition) is 1. The van der Waals surface area contributed by atoms with E-state index in [2.05, 4.69) is 21.2 Å². The lowest BCUT2D eigenvalue weighted by Gasteiger charge is -2.30. The number of nitrogens with zero attached hydrogens (tertiary/aromatic N) is 2. The maximum atomic E-state index is 13.4. The van der Waals surface area contributed by atoms with Crippen LogP contribution >= 0.6 is 15.9 Å². The van der Waals surface area contributed by atoms with Crippen LogP contribution in [0, 0.1) is 6.92 Å². The van der Waals surface area contributed by atoms with Crippen LogP contribution in [0.4, 0.5) is 5.69 Å². The van der Waals surface area contributed by atoms with Gasteiger partial charge in [0.05, 0.1) is 11.9 Å². The van der Waals surface area contributed by atoms with Gasteiger partial charge in [-0.25, -0.2) is 8.42 Å². The molecule has 1 N–H and O–H groups in total. The van der Waals surface area contributed by atoms with Crippen LogP contribution < -0.4 is 9.62 Å². The molecule has 0 aromatic heterocycles. The maximum Gasteiger partial charge on any atom is 0.242 e. The van der Waals surface area contributed by atoms with Crippen LogP contribution in [-0.4, -0.2) is 50.0 Å². The first kappa shape index (κ1) is 28.2. The predicted octanol–water partition coefficient (Wildman–Crippen LogP) is 4.78. The van der Waals surface area contributed by atoms with E-state index >= 15 is 0 Å². The molecular formula is C27H36BrN3O4S. The molecule has 3 rings (SSSR count). The van der Waals surface area contributed by atoms with Gasteiger partial charge >= 0.3 is 0 Å². The number of benzene rings is 2. The molecule has 1 atom stereocenters. The Labute approximate surface area is 223 Å². The first-order valence-electron chi connectivity index (χ1n) is 12.4. The number of anilines is 1. The number of hydrogen-bond acceptors (Lipinski definition) is 4. The summed E-state index contributed by atoms with van der Waals surface area (Å²) in [6, 6.07) is 14.5. The zero-order valence-corrected chi connectivity index (χ0v) is 23.6. The number of carbonyl (C=O) groups excluding carboxylic acids is 2. The summed E-state index contributed by atoms with van der Waals surface area (Å²) in [5.74, 6) is -0.324. The fourth-order valence-corrected chi connectivity index (χ4v) is 5.77. The average Bonchev–Trinajstić information content (AvgIpc) is 3.33. The van der Waals surface area contributed by atoms with E-state index in [9.17, 15) is 18.0 Å². The topological polar surface area (TPSA) is 86.8 Å². The third-order valence-corrected chi connectivity index (χ3v) is 8.30. The van der Waals surface area contributed by atoms with Crippen LogP contribution in [0.5, 0.6) is 0 Å². The molecule has 9 heteroatoms. The van der Waals surface area contributed by atoms with Crippen LogP contribution in [0.25, 0.3) is 0 Å².